The molecule has 0 amide bonds. The predicted molar refractivity (Wildman–Crippen MR) is 64.5 cm³/mol. The second kappa shape index (κ2) is 5.01. The summed E-state index contributed by atoms with van der Waals surface area (Å²) >= 11 is 0. The lowest BCUT2D eigenvalue weighted by molar-refractivity contribution is 1.19. The van der Waals surface area contributed by atoms with Crippen LogP contribution in [0.5, 0.6) is 0 Å². The molecular formula is C13H11N3. The van der Waals surface area contributed by atoms with E-state index in [1.807, 2.05) is 36.4 Å². The van der Waals surface area contributed by atoms with Crippen molar-refractivity contribution in [2.75, 3.05) is 0 Å². The molecule has 78 valence electrons. The van der Waals surface area contributed by atoms with Gasteiger partial charge in [-0.15, -0.1) is 0 Å². The minimum Gasteiger partial charge on any atom is -0.0622 e. The molecule has 0 aromatic heterocycles. The van der Waals surface area contributed by atoms with Gasteiger partial charge in [-0.05, 0) is 29.1 Å². The molecule has 3 nitrogen and oxygen atoms in total. The number of hydrogen-bond donors (Lipinski definition) is 0. The minimum absolute atomic E-state index is 0.663. The first-order chi connectivity index (χ1) is 7.88. The lowest BCUT2D eigenvalue weighted by Gasteiger charge is -2.02. The van der Waals surface area contributed by atoms with Gasteiger partial charge in [0.15, 0.2) is 0 Å². The summed E-state index contributed by atoms with van der Waals surface area (Å²) in [6, 6.07) is 17.9. The van der Waals surface area contributed by atoms with Crippen molar-refractivity contribution in [3.8, 4) is 0 Å². The summed E-state index contributed by atoms with van der Waals surface area (Å²) in [7, 11) is 0. The Bertz CT molecular complexity index is 514. The van der Waals surface area contributed by atoms with Crippen LogP contribution in [0.4, 0.5) is 5.69 Å². The number of rotatable bonds is 3. The molecule has 0 aliphatic rings. The molecule has 2 aromatic rings. The third-order valence-corrected chi connectivity index (χ3v) is 2.32. The van der Waals surface area contributed by atoms with Crippen molar-refractivity contribution >= 4 is 5.69 Å². The fourth-order valence-electron chi connectivity index (χ4n) is 1.61. The molecule has 0 saturated carbocycles. The van der Waals surface area contributed by atoms with E-state index in [9.17, 15) is 0 Å². The van der Waals surface area contributed by atoms with Crippen LogP contribution in [0.2, 0.25) is 0 Å². The molecule has 0 N–H and O–H groups in total. The highest BCUT2D eigenvalue weighted by Crippen LogP contribution is 2.16. The van der Waals surface area contributed by atoms with E-state index in [4.69, 9.17) is 5.53 Å². The minimum atomic E-state index is 0.663. The average molecular weight is 209 g/mol. The number of benzene rings is 2. The van der Waals surface area contributed by atoms with Crippen LogP contribution in [0.3, 0.4) is 0 Å². The average Bonchev–Trinajstić information content (AvgIpc) is 2.31. The van der Waals surface area contributed by atoms with Crippen molar-refractivity contribution in [1.29, 1.82) is 0 Å². The first kappa shape index (κ1) is 10.3. The summed E-state index contributed by atoms with van der Waals surface area (Å²) in [4.78, 5) is 2.78. The van der Waals surface area contributed by atoms with E-state index in [1.54, 1.807) is 6.07 Å². The molecule has 16 heavy (non-hydrogen) atoms. The predicted octanol–water partition coefficient (Wildman–Crippen LogP) is 4.22. The zero-order valence-corrected chi connectivity index (χ0v) is 8.74. The maximum Gasteiger partial charge on any atom is 0.0378 e. The Balaban J connectivity index is 2.22. The zero-order chi connectivity index (χ0) is 11.2. The van der Waals surface area contributed by atoms with E-state index in [1.165, 1.54) is 5.56 Å². The Kier molecular flexibility index (Phi) is 3.22. The molecule has 0 radical (unpaired) electrons. The van der Waals surface area contributed by atoms with Crippen molar-refractivity contribution in [3.05, 3.63) is 76.2 Å². The maximum absolute atomic E-state index is 8.36. The second-order valence-electron chi connectivity index (χ2n) is 3.52. The van der Waals surface area contributed by atoms with Crippen LogP contribution in [0.15, 0.2) is 59.7 Å². The van der Waals surface area contributed by atoms with Gasteiger partial charge in [-0.2, -0.15) is 0 Å². The third kappa shape index (κ3) is 2.62. The van der Waals surface area contributed by atoms with Crippen molar-refractivity contribution in [2.45, 2.75) is 6.42 Å². The van der Waals surface area contributed by atoms with Crippen LogP contribution in [-0.4, -0.2) is 0 Å². The Morgan fingerprint density at radius 3 is 2.44 bits per heavy atom. The summed E-state index contributed by atoms with van der Waals surface area (Å²) in [6.07, 6.45) is 0.857. The van der Waals surface area contributed by atoms with E-state index in [2.05, 4.69) is 22.2 Å². The summed E-state index contributed by atoms with van der Waals surface area (Å²) < 4.78 is 0. The lowest BCUT2D eigenvalue weighted by Crippen LogP contribution is -1.86. The van der Waals surface area contributed by atoms with Crippen molar-refractivity contribution in [3.63, 3.8) is 0 Å². The lowest BCUT2D eigenvalue weighted by atomic mass is 10.0. The van der Waals surface area contributed by atoms with Crippen molar-refractivity contribution < 1.29 is 0 Å². The van der Waals surface area contributed by atoms with Gasteiger partial charge in [0.05, 0.1) is 0 Å². The Hall–Kier alpha value is -2.25. The van der Waals surface area contributed by atoms with Crippen LogP contribution in [0.1, 0.15) is 11.1 Å². The number of nitrogens with zero attached hydrogens (tertiary/aromatic N) is 3. The smallest absolute Gasteiger partial charge is 0.0378 e. The van der Waals surface area contributed by atoms with Crippen molar-refractivity contribution in [1.82, 2.24) is 0 Å². The van der Waals surface area contributed by atoms with Gasteiger partial charge >= 0.3 is 0 Å². The summed E-state index contributed by atoms with van der Waals surface area (Å²) in [6.45, 7) is 0. The molecule has 0 heterocycles. The monoisotopic (exact) mass is 209 g/mol. The molecular weight excluding hydrogens is 198 g/mol. The van der Waals surface area contributed by atoms with Gasteiger partial charge in [0, 0.05) is 10.6 Å². The summed E-state index contributed by atoms with van der Waals surface area (Å²) in [5.41, 5.74) is 11.4. The fraction of sp³-hybridized carbons (Fsp3) is 0.0769. The van der Waals surface area contributed by atoms with Gasteiger partial charge in [-0.25, -0.2) is 0 Å². The van der Waals surface area contributed by atoms with Gasteiger partial charge in [-0.1, -0.05) is 53.6 Å². The maximum atomic E-state index is 8.36. The van der Waals surface area contributed by atoms with Crippen LogP contribution in [-0.2, 0) is 6.42 Å². The quantitative estimate of drug-likeness (QED) is 0.413. The molecule has 0 unspecified atom stereocenters. The van der Waals surface area contributed by atoms with E-state index in [0.29, 0.717) is 5.69 Å². The normalized spacial score (nSPS) is 9.50. The first-order valence-electron chi connectivity index (χ1n) is 5.06. The Morgan fingerprint density at radius 2 is 1.69 bits per heavy atom. The van der Waals surface area contributed by atoms with Gasteiger partial charge in [0.2, 0.25) is 0 Å². The molecule has 2 rings (SSSR count). The molecule has 0 aliphatic heterocycles. The Morgan fingerprint density at radius 1 is 0.938 bits per heavy atom. The highest BCUT2D eigenvalue weighted by Gasteiger charge is 1.96. The summed E-state index contributed by atoms with van der Waals surface area (Å²) in [5.74, 6) is 0. The van der Waals surface area contributed by atoms with E-state index < -0.39 is 0 Å². The van der Waals surface area contributed by atoms with Gasteiger partial charge in [-0.3, -0.25) is 0 Å². The first-order valence-corrected chi connectivity index (χ1v) is 5.06. The van der Waals surface area contributed by atoms with Crippen LogP contribution < -0.4 is 0 Å². The molecule has 0 fully saturated rings. The molecule has 2 aromatic carbocycles. The standard InChI is InChI=1S/C13H11N3/c14-16-15-13-8-4-7-12(10-13)9-11-5-2-1-3-6-11/h1-8,10H,9H2. The summed E-state index contributed by atoms with van der Waals surface area (Å²) in [5, 5.41) is 3.59. The fourth-order valence-corrected chi connectivity index (χ4v) is 1.61. The highest BCUT2D eigenvalue weighted by atomic mass is 15.1. The van der Waals surface area contributed by atoms with Crippen LogP contribution >= 0.6 is 0 Å². The van der Waals surface area contributed by atoms with E-state index in [-0.39, 0.29) is 0 Å². The Labute approximate surface area is 94.0 Å². The van der Waals surface area contributed by atoms with E-state index in [0.717, 1.165) is 12.0 Å². The van der Waals surface area contributed by atoms with Crippen molar-refractivity contribution in [2.24, 2.45) is 5.11 Å². The van der Waals surface area contributed by atoms with Crippen LogP contribution in [0.25, 0.3) is 10.4 Å². The zero-order valence-electron chi connectivity index (χ0n) is 8.74. The topological polar surface area (TPSA) is 48.8 Å². The van der Waals surface area contributed by atoms with Gasteiger partial charge in [0.25, 0.3) is 0 Å². The van der Waals surface area contributed by atoms with E-state index >= 15 is 0 Å². The highest BCUT2D eigenvalue weighted by molar-refractivity contribution is 5.41. The SMILES string of the molecule is [N-]=[N+]=Nc1cccc(Cc2ccccc2)c1. The largest absolute Gasteiger partial charge is 0.0622 e. The number of azide groups is 1. The third-order valence-electron chi connectivity index (χ3n) is 2.32. The molecule has 0 aliphatic carbocycles. The molecule has 3 heteroatoms. The molecule has 0 bridgehead atoms. The van der Waals surface area contributed by atoms with Gasteiger partial charge in [0.1, 0.15) is 0 Å². The second-order valence-corrected chi connectivity index (χ2v) is 3.52. The molecule has 0 spiro atoms. The van der Waals surface area contributed by atoms with Crippen LogP contribution in [0, 0.1) is 0 Å². The molecule has 0 atom stereocenters. The van der Waals surface area contributed by atoms with Gasteiger partial charge < -0.3 is 0 Å². The number of hydrogen-bond acceptors (Lipinski definition) is 1. The molecule has 0 saturated heterocycles.